The predicted molar refractivity (Wildman–Crippen MR) is 456 cm³/mol. The Morgan fingerprint density at radius 3 is 0.404 bits per heavy atom. The lowest BCUT2D eigenvalue weighted by Gasteiger charge is -2.40. The molecule has 99 heavy (non-hydrogen) atoms. The van der Waals surface area contributed by atoms with Crippen LogP contribution >= 0.6 is 0 Å². The van der Waals surface area contributed by atoms with Crippen molar-refractivity contribution in [3.05, 3.63) is 0 Å². The first-order valence-corrected chi connectivity index (χ1v) is 46.0. The third-order valence-electron chi connectivity index (χ3n) is 28.0. The third-order valence-corrected chi connectivity index (χ3v) is 28.0. The fraction of sp³-hybridized carbons (Fsp3) is 1.00. The first kappa shape index (κ1) is 97.0. The minimum Gasteiger partial charge on any atom is -0.0649 e. The molecule has 16 saturated carbocycles. The van der Waals surface area contributed by atoms with Gasteiger partial charge in [-0.15, -0.1) is 0 Å². The Labute approximate surface area is 631 Å². The molecule has 4 atom stereocenters. The summed E-state index contributed by atoms with van der Waals surface area (Å²) in [6, 6.07) is 0. The van der Waals surface area contributed by atoms with Crippen LogP contribution in [0, 0.1) is 114 Å². The van der Waals surface area contributed by atoms with E-state index >= 15 is 0 Å². The van der Waals surface area contributed by atoms with Crippen LogP contribution in [0.15, 0.2) is 0 Å². The maximum Gasteiger partial charge on any atom is -0.0297 e. The van der Waals surface area contributed by atoms with E-state index in [0.29, 0.717) is 37.9 Å². The molecule has 1 spiro atoms. The van der Waals surface area contributed by atoms with Crippen molar-refractivity contribution in [3.63, 3.8) is 0 Å². The van der Waals surface area contributed by atoms with Crippen molar-refractivity contribution in [2.75, 3.05) is 0 Å². The number of hydrogen-bond donors (Lipinski definition) is 0. The highest BCUT2D eigenvalue weighted by atomic mass is 14.4. The summed E-state index contributed by atoms with van der Waals surface area (Å²) in [4.78, 5) is 0. The topological polar surface area (TPSA) is 0 Å². The van der Waals surface area contributed by atoms with E-state index in [-0.39, 0.29) is 0 Å². The molecule has 16 fully saturated rings. The summed E-state index contributed by atoms with van der Waals surface area (Å²) < 4.78 is 0. The van der Waals surface area contributed by atoms with Crippen LogP contribution in [0.5, 0.6) is 0 Å². The quantitative estimate of drug-likeness (QED) is 0.227. The monoisotopic (exact) mass is 1390 g/mol. The smallest absolute Gasteiger partial charge is 0.0297 e. The standard InChI is InChI=1S/C10H18.C9H16.3C8H14.2C7H12.7C6H14/c1-2-6-10(7-3-1)8-4-5-9-10;1-3-8-5-2-6-9(4-1)7-8;1-2-8-5-3-7(1)4-6-8;2*1-2-7-4-5-8(3-1)6-7;1-2-7-4-3-6(1)5-7;1-2-6-4-7(3-1)5-6;7*1-5-6(2,3)4/h1-9H2;8-9H,1-7H2;3*7-8H,1-6H2;2*6-7H,1-5H2;7*5H2,1-4H3. The molecule has 0 heteroatoms. The van der Waals surface area contributed by atoms with Crippen LogP contribution in [-0.2, 0) is 0 Å². The Kier molecular flexibility index (Phi) is 49.6. The molecule has 4 unspecified atom stereocenters. The third kappa shape index (κ3) is 54.3. The number of hydrogen-bond acceptors (Lipinski definition) is 0. The maximum atomic E-state index is 2.24. The van der Waals surface area contributed by atoms with Crippen molar-refractivity contribution < 1.29 is 0 Å². The van der Waals surface area contributed by atoms with Gasteiger partial charge in [0.15, 0.2) is 0 Å². The van der Waals surface area contributed by atoms with Gasteiger partial charge >= 0.3 is 0 Å². The molecule has 0 aromatic heterocycles. The van der Waals surface area contributed by atoms with Gasteiger partial charge in [0.1, 0.15) is 0 Å². The van der Waals surface area contributed by atoms with E-state index in [4.69, 9.17) is 0 Å². The van der Waals surface area contributed by atoms with Gasteiger partial charge in [0.2, 0.25) is 0 Å². The maximum absolute atomic E-state index is 2.24. The van der Waals surface area contributed by atoms with Crippen molar-refractivity contribution in [2.24, 2.45) is 114 Å². The molecular formula is C99H198. The zero-order valence-electron chi connectivity index (χ0n) is 75.0. The summed E-state index contributed by atoms with van der Waals surface area (Å²) in [6.45, 7) is 62.6. The molecule has 0 heterocycles. The highest BCUT2D eigenvalue weighted by Crippen LogP contribution is 2.50. The van der Waals surface area contributed by atoms with Crippen LogP contribution in [0.4, 0.5) is 0 Å². The summed E-state index contributed by atoms with van der Waals surface area (Å²) in [5.41, 5.74) is 4.66. The normalized spacial score (nSPS) is 29.8. The van der Waals surface area contributed by atoms with Gasteiger partial charge < -0.3 is 0 Å². The van der Waals surface area contributed by atoms with Gasteiger partial charge in [-0.05, 0) is 179 Å². The molecule has 0 aromatic rings. The van der Waals surface area contributed by atoms with Gasteiger partial charge in [-0.2, -0.15) is 0 Å². The van der Waals surface area contributed by atoms with Crippen LogP contribution in [0.25, 0.3) is 0 Å². The van der Waals surface area contributed by atoms with Gasteiger partial charge in [0.25, 0.3) is 0 Å². The molecule has 16 aliphatic carbocycles. The fourth-order valence-electron chi connectivity index (χ4n) is 16.8. The first-order valence-electron chi connectivity index (χ1n) is 46.0. The minimum absolute atomic E-state index is 0.542. The summed E-state index contributed by atoms with van der Waals surface area (Å²) >= 11 is 0. The molecule has 0 nitrogen and oxygen atoms in total. The SMILES string of the molecule is C1CC2CC(C1)C2.C1CC2CCC(C1)C2.C1CC2CCC(C1)C2.C1CC2CCC1C2.C1CC2CCC1CC2.C1CC2CCCC(C1)C2.C1CCC2(CC1)CCCC2.CCC(C)(C)C.CCC(C)(C)C.CCC(C)(C)C.CCC(C)(C)C.CCC(C)(C)C.CCC(C)(C)C.CCC(C)(C)C. The summed E-state index contributed by atoms with van der Waals surface area (Å²) in [5, 5.41) is 0. The molecule has 0 amide bonds. The van der Waals surface area contributed by atoms with E-state index in [9.17, 15) is 0 Å². The van der Waals surface area contributed by atoms with E-state index in [0.717, 1.165) is 52.8 Å². The van der Waals surface area contributed by atoms with Crippen molar-refractivity contribution >= 4 is 0 Å². The second-order valence-electron chi connectivity index (χ2n) is 45.2. The molecule has 0 radical (unpaired) electrons. The molecule has 594 valence electrons. The molecule has 16 rings (SSSR count). The second-order valence-corrected chi connectivity index (χ2v) is 45.2. The lowest BCUT2D eigenvalue weighted by Crippen LogP contribution is -2.28. The molecule has 12 bridgehead atoms. The van der Waals surface area contributed by atoms with E-state index in [1.165, 1.54) is 133 Å². The average Bonchev–Trinajstić information content (AvgIpc) is 1.57. The van der Waals surface area contributed by atoms with Gasteiger partial charge in [0, 0.05) is 0 Å². The van der Waals surface area contributed by atoms with E-state index < -0.39 is 0 Å². The Morgan fingerprint density at radius 2 is 0.283 bits per heavy atom. The lowest BCUT2D eigenvalue weighted by atomic mass is 9.65. The molecule has 0 aromatic carbocycles. The first-order chi connectivity index (χ1) is 46.0. The Bertz CT molecular complexity index is 1530. The van der Waals surface area contributed by atoms with Crippen LogP contribution in [0.1, 0.15) is 521 Å². The molecule has 0 saturated heterocycles. The highest BCUT2D eigenvalue weighted by molar-refractivity contribution is 4.88. The molecular weight excluding hydrogens is 1190 g/mol. The van der Waals surface area contributed by atoms with Gasteiger partial charge in [0.05, 0.1) is 0 Å². The summed E-state index contributed by atoms with van der Waals surface area (Å²) in [6.07, 6.45) is 77.3. The lowest BCUT2D eigenvalue weighted by molar-refractivity contribution is 0.116. The minimum atomic E-state index is 0.542. The van der Waals surface area contributed by atoms with Gasteiger partial charge in [-0.1, -0.05) is 457 Å². The van der Waals surface area contributed by atoms with E-state index in [1.807, 2.05) is 0 Å². The van der Waals surface area contributed by atoms with Crippen molar-refractivity contribution in [3.8, 4) is 0 Å². The second kappa shape index (κ2) is 50.6. The Balaban J connectivity index is 0.000000535. The van der Waals surface area contributed by atoms with Crippen molar-refractivity contribution in [1.29, 1.82) is 0 Å². The van der Waals surface area contributed by atoms with Crippen molar-refractivity contribution in [1.82, 2.24) is 0 Å². The number of rotatable bonds is 0. The largest absolute Gasteiger partial charge is 0.0649 e. The number of fused-ring (bicyclic) bond motifs is 13. The van der Waals surface area contributed by atoms with Crippen molar-refractivity contribution in [2.45, 2.75) is 521 Å². The van der Waals surface area contributed by atoms with Crippen LogP contribution in [0.3, 0.4) is 0 Å². The molecule has 0 aliphatic heterocycles. The predicted octanol–water partition coefficient (Wildman–Crippen LogP) is 35.7. The Morgan fingerprint density at radius 1 is 0.162 bits per heavy atom. The van der Waals surface area contributed by atoms with Crippen LogP contribution in [-0.4, -0.2) is 0 Å². The average molecular weight is 1390 g/mol. The van der Waals surface area contributed by atoms with E-state index in [1.54, 1.807) is 218 Å². The fourth-order valence-corrected chi connectivity index (χ4v) is 16.8. The van der Waals surface area contributed by atoms with Gasteiger partial charge in [-0.25, -0.2) is 0 Å². The van der Waals surface area contributed by atoms with Gasteiger partial charge in [-0.3, -0.25) is 0 Å². The van der Waals surface area contributed by atoms with Crippen LogP contribution in [0.2, 0.25) is 0 Å². The summed E-state index contributed by atoms with van der Waals surface area (Å²) in [7, 11) is 0. The highest BCUT2D eigenvalue weighted by Gasteiger charge is 2.36. The van der Waals surface area contributed by atoms with E-state index in [2.05, 4.69) is 194 Å². The molecule has 0 N–H and O–H groups in total. The van der Waals surface area contributed by atoms with Crippen LogP contribution < -0.4 is 0 Å². The summed E-state index contributed by atoms with van der Waals surface area (Å²) in [5.74, 6) is 14.0. The molecule has 16 aliphatic rings. The zero-order chi connectivity index (χ0) is 75.0. The zero-order valence-corrected chi connectivity index (χ0v) is 75.0. The Hall–Kier alpha value is 0.